The van der Waals surface area contributed by atoms with E-state index in [0.29, 0.717) is 27.2 Å². The zero-order valence-corrected chi connectivity index (χ0v) is 14.8. The number of carboxylic acid groups (broad SMARTS) is 1. The molecule has 0 saturated carbocycles. The quantitative estimate of drug-likeness (QED) is 0.703. The first kappa shape index (κ1) is 17.4. The summed E-state index contributed by atoms with van der Waals surface area (Å²) < 4.78 is 18.3. The Hall–Kier alpha value is -2.47. The minimum Gasteiger partial charge on any atom is -0.478 e. The number of aryl methyl sites for hydroxylation is 1. The van der Waals surface area contributed by atoms with Crippen molar-refractivity contribution in [1.29, 1.82) is 0 Å². The van der Waals surface area contributed by atoms with Gasteiger partial charge in [0.05, 0.1) is 32.0 Å². The molecular weight excluding hydrogens is 340 g/mol. The lowest BCUT2D eigenvalue weighted by Gasteiger charge is -2.09. The van der Waals surface area contributed by atoms with Crippen molar-refractivity contribution in [2.24, 2.45) is 0 Å². The van der Waals surface area contributed by atoms with E-state index in [4.69, 9.17) is 9.52 Å². The molecular formula is C19H18O5S. The summed E-state index contributed by atoms with van der Waals surface area (Å²) in [5.41, 5.74) is 1.27. The zero-order chi connectivity index (χ0) is 18.1. The van der Waals surface area contributed by atoms with Crippen LogP contribution in [0.25, 0.3) is 21.9 Å². The summed E-state index contributed by atoms with van der Waals surface area (Å²) in [6.07, 6.45) is 1.66. The maximum absolute atomic E-state index is 12.9. The molecule has 1 aromatic heterocycles. The minimum atomic E-state index is -1.27. The van der Waals surface area contributed by atoms with E-state index in [1.54, 1.807) is 6.07 Å². The summed E-state index contributed by atoms with van der Waals surface area (Å²) in [7, 11) is -1.27. The summed E-state index contributed by atoms with van der Waals surface area (Å²) in [5, 5.41) is 9.70. The summed E-state index contributed by atoms with van der Waals surface area (Å²) in [5.74, 6) is -0.682. The second-order valence-electron chi connectivity index (χ2n) is 5.80. The van der Waals surface area contributed by atoms with Gasteiger partial charge in [-0.15, -0.1) is 0 Å². The SMILES string of the molecule is CCCc1cc(S(=O)CC)c2oc3ccc(C(=O)O)cc3c(=O)c2c1. The summed E-state index contributed by atoms with van der Waals surface area (Å²) in [4.78, 5) is 24.6. The number of benzene rings is 2. The van der Waals surface area contributed by atoms with Crippen LogP contribution in [0, 0.1) is 0 Å². The average Bonchev–Trinajstić information content (AvgIpc) is 2.61. The van der Waals surface area contributed by atoms with Gasteiger partial charge in [-0.3, -0.25) is 9.00 Å². The standard InChI is InChI=1S/C19H18O5S/c1-3-5-11-8-14-17(20)13-10-12(19(21)22)6-7-15(13)24-18(14)16(9-11)25(23)4-2/h6-10H,3-5H2,1-2H3,(H,21,22). The zero-order valence-electron chi connectivity index (χ0n) is 14.0. The van der Waals surface area contributed by atoms with E-state index in [9.17, 15) is 13.8 Å². The van der Waals surface area contributed by atoms with Gasteiger partial charge in [0.15, 0.2) is 5.58 Å². The molecule has 0 saturated heterocycles. The van der Waals surface area contributed by atoms with Crippen LogP contribution in [0.1, 0.15) is 36.2 Å². The van der Waals surface area contributed by atoms with Gasteiger partial charge in [0.2, 0.25) is 5.43 Å². The Bertz CT molecular complexity index is 1060. The van der Waals surface area contributed by atoms with Gasteiger partial charge in [0, 0.05) is 5.75 Å². The van der Waals surface area contributed by atoms with Crippen molar-refractivity contribution in [3.63, 3.8) is 0 Å². The number of hydrogen-bond donors (Lipinski definition) is 1. The van der Waals surface area contributed by atoms with E-state index in [1.165, 1.54) is 18.2 Å². The van der Waals surface area contributed by atoms with E-state index in [1.807, 2.05) is 19.9 Å². The lowest BCUT2D eigenvalue weighted by Crippen LogP contribution is -2.07. The first-order valence-corrected chi connectivity index (χ1v) is 9.43. The van der Waals surface area contributed by atoms with Crippen LogP contribution >= 0.6 is 0 Å². The van der Waals surface area contributed by atoms with Crippen LogP contribution in [0.4, 0.5) is 0 Å². The Morgan fingerprint density at radius 3 is 2.56 bits per heavy atom. The highest BCUT2D eigenvalue weighted by atomic mass is 32.2. The molecule has 1 heterocycles. The predicted molar refractivity (Wildman–Crippen MR) is 97.9 cm³/mol. The van der Waals surface area contributed by atoms with E-state index in [2.05, 4.69) is 0 Å². The summed E-state index contributed by atoms with van der Waals surface area (Å²) in [6, 6.07) is 7.78. The van der Waals surface area contributed by atoms with Gasteiger partial charge in [-0.25, -0.2) is 4.79 Å². The van der Waals surface area contributed by atoms with E-state index >= 15 is 0 Å². The molecule has 3 aromatic rings. The Balaban J connectivity index is 2.43. The Morgan fingerprint density at radius 1 is 1.16 bits per heavy atom. The molecule has 0 aliphatic rings. The first-order valence-electron chi connectivity index (χ1n) is 8.11. The molecule has 0 fully saturated rings. The van der Waals surface area contributed by atoms with Crippen LogP contribution in [0.15, 0.2) is 44.4 Å². The van der Waals surface area contributed by atoms with Crippen molar-refractivity contribution in [2.45, 2.75) is 31.6 Å². The van der Waals surface area contributed by atoms with Gasteiger partial charge in [-0.1, -0.05) is 20.3 Å². The van der Waals surface area contributed by atoms with E-state index < -0.39 is 16.8 Å². The van der Waals surface area contributed by atoms with E-state index in [-0.39, 0.29) is 16.4 Å². The van der Waals surface area contributed by atoms with Crippen molar-refractivity contribution in [1.82, 2.24) is 0 Å². The normalized spacial score (nSPS) is 12.6. The van der Waals surface area contributed by atoms with Crippen LogP contribution in [-0.4, -0.2) is 21.0 Å². The van der Waals surface area contributed by atoms with Crippen molar-refractivity contribution in [3.05, 3.63) is 51.7 Å². The molecule has 0 bridgehead atoms. The fourth-order valence-electron chi connectivity index (χ4n) is 2.88. The number of aromatic carboxylic acids is 1. The molecule has 1 unspecified atom stereocenters. The van der Waals surface area contributed by atoms with Gasteiger partial charge in [0.25, 0.3) is 0 Å². The predicted octanol–water partition coefficient (Wildman–Crippen LogP) is 3.72. The van der Waals surface area contributed by atoms with E-state index in [0.717, 1.165) is 18.4 Å². The maximum atomic E-state index is 12.9. The molecule has 0 amide bonds. The number of carboxylic acids is 1. The Kier molecular flexibility index (Phi) is 4.72. The Labute approximate surface area is 146 Å². The Morgan fingerprint density at radius 2 is 1.92 bits per heavy atom. The highest BCUT2D eigenvalue weighted by molar-refractivity contribution is 7.85. The number of rotatable bonds is 5. The van der Waals surface area contributed by atoms with Crippen molar-refractivity contribution in [3.8, 4) is 0 Å². The molecule has 1 atom stereocenters. The average molecular weight is 358 g/mol. The van der Waals surface area contributed by atoms with Crippen molar-refractivity contribution >= 4 is 38.7 Å². The topological polar surface area (TPSA) is 84.6 Å². The molecule has 130 valence electrons. The third-order valence-corrected chi connectivity index (χ3v) is 5.41. The number of fused-ring (bicyclic) bond motifs is 2. The molecule has 0 radical (unpaired) electrons. The third-order valence-electron chi connectivity index (χ3n) is 4.09. The van der Waals surface area contributed by atoms with Crippen molar-refractivity contribution in [2.75, 3.05) is 5.75 Å². The largest absolute Gasteiger partial charge is 0.478 e. The van der Waals surface area contributed by atoms with Gasteiger partial charge >= 0.3 is 5.97 Å². The van der Waals surface area contributed by atoms with Crippen LogP contribution in [0.3, 0.4) is 0 Å². The van der Waals surface area contributed by atoms with Gasteiger partial charge in [-0.05, 0) is 42.3 Å². The van der Waals surface area contributed by atoms with Crippen LogP contribution in [0.2, 0.25) is 0 Å². The van der Waals surface area contributed by atoms with Crippen LogP contribution < -0.4 is 5.43 Å². The maximum Gasteiger partial charge on any atom is 0.335 e. The first-order chi connectivity index (χ1) is 12.0. The molecule has 2 aromatic carbocycles. The lowest BCUT2D eigenvalue weighted by atomic mass is 10.0. The molecule has 0 spiro atoms. The summed E-state index contributed by atoms with van der Waals surface area (Å²) >= 11 is 0. The molecule has 1 N–H and O–H groups in total. The van der Waals surface area contributed by atoms with Gasteiger partial charge in [0.1, 0.15) is 5.58 Å². The van der Waals surface area contributed by atoms with Gasteiger partial charge in [-0.2, -0.15) is 0 Å². The minimum absolute atomic E-state index is 0.0289. The second kappa shape index (κ2) is 6.80. The lowest BCUT2D eigenvalue weighted by molar-refractivity contribution is 0.0697. The van der Waals surface area contributed by atoms with Crippen LogP contribution in [0.5, 0.6) is 0 Å². The highest BCUT2D eigenvalue weighted by Crippen LogP contribution is 2.27. The summed E-state index contributed by atoms with van der Waals surface area (Å²) in [6.45, 7) is 3.84. The monoisotopic (exact) mass is 358 g/mol. The fraction of sp³-hybridized carbons (Fsp3) is 0.263. The van der Waals surface area contributed by atoms with Crippen LogP contribution in [-0.2, 0) is 17.2 Å². The fourth-order valence-corrected chi connectivity index (χ4v) is 3.83. The second-order valence-corrected chi connectivity index (χ2v) is 7.51. The molecule has 6 heteroatoms. The molecule has 5 nitrogen and oxygen atoms in total. The molecule has 3 rings (SSSR count). The molecule has 25 heavy (non-hydrogen) atoms. The van der Waals surface area contributed by atoms with Gasteiger partial charge < -0.3 is 9.52 Å². The third kappa shape index (κ3) is 3.09. The molecule has 0 aliphatic heterocycles. The molecule has 0 aliphatic carbocycles. The number of carbonyl (C=O) groups is 1. The smallest absolute Gasteiger partial charge is 0.335 e. The number of hydrogen-bond acceptors (Lipinski definition) is 4. The van der Waals surface area contributed by atoms with Crippen molar-refractivity contribution < 1.29 is 18.5 Å². The highest BCUT2D eigenvalue weighted by Gasteiger charge is 2.17.